The molecule has 4 heteroatoms. The van der Waals surface area contributed by atoms with Gasteiger partial charge in [0.05, 0.1) is 11.3 Å². The molecule has 0 saturated carbocycles. The van der Waals surface area contributed by atoms with E-state index in [-0.39, 0.29) is 11.8 Å². The third-order valence-electron chi connectivity index (χ3n) is 5.92. The van der Waals surface area contributed by atoms with Gasteiger partial charge in [0, 0.05) is 13.1 Å². The molecule has 0 bridgehead atoms. The van der Waals surface area contributed by atoms with Crippen LogP contribution in [0.5, 0.6) is 0 Å². The van der Waals surface area contributed by atoms with Crippen LogP contribution in [0.25, 0.3) is 5.57 Å². The van der Waals surface area contributed by atoms with Crippen LogP contribution in [0.15, 0.2) is 78.5 Å². The van der Waals surface area contributed by atoms with E-state index >= 15 is 0 Å². The van der Waals surface area contributed by atoms with Crippen molar-refractivity contribution in [1.29, 1.82) is 0 Å². The number of imide groups is 1. The van der Waals surface area contributed by atoms with Gasteiger partial charge in [0.1, 0.15) is 5.70 Å². The Labute approximate surface area is 189 Å². The molecule has 1 heterocycles. The number of benzene rings is 3. The molecule has 3 aromatic carbocycles. The van der Waals surface area contributed by atoms with Crippen molar-refractivity contribution in [3.05, 3.63) is 106 Å². The quantitative estimate of drug-likeness (QED) is 0.496. The van der Waals surface area contributed by atoms with Crippen molar-refractivity contribution in [2.45, 2.75) is 34.2 Å². The van der Waals surface area contributed by atoms with Crippen molar-refractivity contribution in [1.82, 2.24) is 4.90 Å². The monoisotopic (exact) mass is 424 g/mol. The van der Waals surface area contributed by atoms with Gasteiger partial charge in [0.15, 0.2) is 0 Å². The lowest BCUT2D eigenvalue weighted by Crippen LogP contribution is -2.35. The molecule has 0 unspecified atom stereocenters. The SMILES string of the molecule is CCN(Cc1ccccc1)C1=C(c2ccc(C)cc2C)C(=O)N(c2ccc(C)cc2)C1=O. The molecule has 162 valence electrons. The lowest BCUT2D eigenvalue weighted by molar-refractivity contribution is -0.120. The highest BCUT2D eigenvalue weighted by Gasteiger charge is 2.42. The van der Waals surface area contributed by atoms with Gasteiger partial charge in [0.25, 0.3) is 11.8 Å². The smallest absolute Gasteiger partial charge is 0.282 e. The Balaban J connectivity index is 1.86. The number of likely N-dealkylation sites (N-methyl/N-ethyl adjacent to an activating group) is 1. The summed E-state index contributed by atoms with van der Waals surface area (Å²) in [6.45, 7) is 9.19. The number of aryl methyl sites for hydroxylation is 3. The highest BCUT2D eigenvalue weighted by molar-refractivity contribution is 6.45. The molecule has 0 atom stereocenters. The van der Waals surface area contributed by atoms with E-state index in [1.54, 1.807) is 0 Å². The molecule has 32 heavy (non-hydrogen) atoms. The fourth-order valence-electron chi connectivity index (χ4n) is 4.23. The summed E-state index contributed by atoms with van der Waals surface area (Å²) in [5, 5.41) is 0. The second-order valence-corrected chi connectivity index (χ2v) is 8.32. The van der Waals surface area contributed by atoms with E-state index in [0.717, 1.165) is 27.8 Å². The predicted molar refractivity (Wildman–Crippen MR) is 129 cm³/mol. The summed E-state index contributed by atoms with van der Waals surface area (Å²) in [6, 6.07) is 23.6. The lowest BCUT2D eigenvalue weighted by atomic mass is 9.97. The van der Waals surface area contributed by atoms with Gasteiger partial charge in [-0.3, -0.25) is 9.59 Å². The third kappa shape index (κ3) is 3.96. The van der Waals surface area contributed by atoms with Gasteiger partial charge in [-0.05, 0) is 56.5 Å². The second kappa shape index (κ2) is 8.83. The summed E-state index contributed by atoms with van der Waals surface area (Å²) in [6.07, 6.45) is 0. The zero-order chi connectivity index (χ0) is 22.8. The number of amides is 2. The first-order valence-corrected chi connectivity index (χ1v) is 11.0. The zero-order valence-corrected chi connectivity index (χ0v) is 19.1. The first kappa shape index (κ1) is 21.6. The fourth-order valence-corrected chi connectivity index (χ4v) is 4.23. The van der Waals surface area contributed by atoms with Crippen LogP contribution in [0.3, 0.4) is 0 Å². The Morgan fingerprint density at radius 1 is 0.781 bits per heavy atom. The van der Waals surface area contributed by atoms with Crippen molar-refractivity contribution < 1.29 is 9.59 Å². The Morgan fingerprint density at radius 3 is 2.06 bits per heavy atom. The van der Waals surface area contributed by atoms with Crippen LogP contribution in [0.1, 0.15) is 34.7 Å². The van der Waals surface area contributed by atoms with E-state index in [0.29, 0.717) is 30.0 Å². The number of anilines is 1. The molecular weight excluding hydrogens is 396 g/mol. The van der Waals surface area contributed by atoms with E-state index in [2.05, 4.69) is 6.07 Å². The van der Waals surface area contributed by atoms with E-state index in [1.165, 1.54) is 4.90 Å². The average molecular weight is 425 g/mol. The third-order valence-corrected chi connectivity index (χ3v) is 5.92. The molecule has 4 rings (SSSR count). The standard InChI is InChI=1S/C28H28N2O2/c1-5-29(18-22-9-7-6-8-10-22)26-25(24-16-13-20(3)17-21(24)4)27(31)30(28(26)32)23-14-11-19(2)12-15-23/h6-17H,5,18H2,1-4H3. The normalized spacial score (nSPS) is 13.8. The molecule has 0 saturated heterocycles. The Kier molecular flexibility index (Phi) is 5.95. The van der Waals surface area contributed by atoms with Crippen molar-refractivity contribution in [3.8, 4) is 0 Å². The van der Waals surface area contributed by atoms with Crippen molar-refractivity contribution in [3.63, 3.8) is 0 Å². The van der Waals surface area contributed by atoms with Crippen LogP contribution >= 0.6 is 0 Å². The molecule has 0 fully saturated rings. The number of nitrogens with zero attached hydrogens (tertiary/aromatic N) is 2. The molecular formula is C28H28N2O2. The van der Waals surface area contributed by atoms with E-state index in [4.69, 9.17) is 0 Å². The van der Waals surface area contributed by atoms with Crippen LogP contribution in [0, 0.1) is 20.8 Å². The highest BCUT2D eigenvalue weighted by atomic mass is 16.2. The largest absolute Gasteiger partial charge is 0.362 e. The van der Waals surface area contributed by atoms with Crippen LogP contribution in [0.2, 0.25) is 0 Å². The van der Waals surface area contributed by atoms with Crippen molar-refractivity contribution in [2.24, 2.45) is 0 Å². The van der Waals surface area contributed by atoms with Gasteiger partial charge in [-0.1, -0.05) is 71.8 Å². The Bertz CT molecular complexity index is 1190. The summed E-state index contributed by atoms with van der Waals surface area (Å²) in [5.41, 5.74) is 6.63. The van der Waals surface area contributed by atoms with Gasteiger partial charge in [-0.25, -0.2) is 4.90 Å². The number of carbonyl (C=O) groups is 2. The van der Waals surface area contributed by atoms with Crippen LogP contribution in [0.4, 0.5) is 5.69 Å². The summed E-state index contributed by atoms with van der Waals surface area (Å²) < 4.78 is 0. The zero-order valence-electron chi connectivity index (χ0n) is 19.1. The summed E-state index contributed by atoms with van der Waals surface area (Å²) in [5.74, 6) is -0.543. The minimum atomic E-state index is -0.272. The van der Waals surface area contributed by atoms with E-state index < -0.39 is 0 Å². The summed E-state index contributed by atoms with van der Waals surface area (Å²) in [7, 11) is 0. The molecule has 2 amide bonds. The second-order valence-electron chi connectivity index (χ2n) is 8.32. The molecule has 0 radical (unpaired) electrons. The van der Waals surface area contributed by atoms with Crippen LogP contribution < -0.4 is 4.90 Å². The molecule has 1 aliphatic heterocycles. The lowest BCUT2D eigenvalue weighted by Gasteiger charge is -2.25. The Morgan fingerprint density at radius 2 is 1.44 bits per heavy atom. The van der Waals surface area contributed by atoms with E-state index in [1.807, 2.05) is 99.3 Å². The molecule has 4 nitrogen and oxygen atoms in total. The maximum atomic E-state index is 13.8. The van der Waals surface area contributed by atoms with Gasteiger partial charge in [-0.15, -0.1) is 0 Å². The number of hydrogen-bond acceptors (Lipinski definition) is 3. The molecule has 0 aliphatic carbocycles. The maximum absolute atomic E-state index is 13.8. The molecule has 3 aromatic rings. The fraction of sp³-hybridized carbons (Fsp3) is 0.214. The van der Waals surface area contributed by atoms with Gasteiger partial charge < -0.3 is 4.90 Å². The van der Waals surface area contributed by atoms with Crippen molar-refractivity contribution >= 4 is 23.1 Å². The van der Waals surface area contributed by atoms with E-state index in [9.17, 15) is 9.59 Å². The topological polar surface area (TPSA) is 40.6 Å². The maximum Gasteiger partial charge on any atom is 0.282 e. The average Bonchev–Trinajstić information content (AvgIpc) is 3.03. The van der Waals surface area contributed by atoms with Gasteiger partial charge in [0.2, 0.25) is 0 Å². The highest BCUT2D eigenvalue weighted by Crippen LogP contribution is 2.36. The first-order chi connectivity index (χ1) is 15.4. The predicted octanol–water partition coefficient (Wildman–Crippen LogP) is 5.42. The molecule has 0 aromatic heterocycles. The van der Waals surface area contributed by atoms with Crippen LogP contribution in [-0.4, -0.2) is 23.3 Å². The summed E-state index contributed by atoms with van der Waals surface area (Å²) >= 11 is 0. The van der Waals surface area contributed by atoms with Gasteiger partial charge >= 0.3 is 0 Å². The number of rotatable bonds is 6. The first-order valence-electron chi connectivity index (χ1n) is 11.0. The molecule has 0 N–H and O–H groups in total. The minimum absolute atomic E-state index is 0.271. The van der Waals surface area contributed by atoms with Gasteiger partial charge in [-0.2, -0.15) is 0 Å². The van der Waals surface area contributed by atoms with Crippen LogP contribution in [-0.2, 0) is 16.1 Å². The molecule has 1 aliphatic rings. The summed E-state index contributed by atoms with van der Waals surface area (Å²) in [4.78, 5) is 30.8. The van der Waals surface area contributed by atoms with Crippen molar-refractivity contribution in [2.75, 3.05) is 11.4 Å². The minimum Gasteiger partial charge on any atom is -0.362 e. The number of carbonyl (C=O) groups excluding carboxylic acids is 2. The molecule has 0 spiro atoms. The number of hydrogen-bond donors (Lipinski definition) is 0. The Hall–Kier alpha value is -3.66.